The zero-order valence-electron chi connectivity index (χ0n) is 9.97. The highest BCUT2D eigenvalue weighted by atomic mass is 14.5. The maximum Gasteiger partial charge on any atom is -0.00489 e. The third-order valence-electron chi connectivity index (χ3n) is 3.69. The fraction of sp³-hybridized carbons (Fsp3) is 1.00. The smallest absolute Gasteiger partial charge is 0.00489 e. The average molecular weight is 197 g/mol. The molecule has 2 N–H and O–H groups in total. The van der Waals surface area contributed by atoms with Crippen molar-refractivity contribution in [3.05, 3.63) is 0 Å². The first kappa shape index (κ1) is 12.0. The minimum absolute atomic E-state index is 0.844. The molecule has 0 bridgehead atoms. The van der Waals surface area contributed by atoms with Crippen molar-refractivity contribution in [2.45, 2.75) is 58.8 Å². The maximum absolute atomic E-state index is 5.69. The van der Waals surface area contributed by atoms with Crippen LogP contribution in [0.4, 0.5) is 0 Å². The van der Waals surface area contributed by atoms with E-state index in [9.17, 15) is 0 Å². The highest BCUT2D eigenvalue weighted by molar-refractivity contribution is 4.73. The second-order valence-corrected chi connectivity index (χ2v) is 5.45. The molecule has 14 heavy (non-hydrogen) atoms. The summed E-state index contributed by atoms with van der Waals surface area (Å²) in [7, 11) is 0. The van der Waals surface area contributed by atoms with Crippen molar-refractivity contribution in [1.82, 2.24) is 0 Å². The molecule has 1 nitrogen and oxygen atoms in total. The van der Waals surface area contributed by atoms with Gasteiger partial charge in [-0.2, -0.15) is 0 Å². The summed E-state index contributed by atoms with van der Waals surface area (Å²) in [5, 5.41) is 0. The summed E-state index contributed by atoms with van der Waals surface area (Å²) in [6.45, 7) is 5.56. The molecule has 1 heteroatoms. The fourth-order valence-corrected chi connectivity index (χ4v) is 2.57. The lowest BCUT2D eigenvalue weighted by atomic mass is 9.79. The summed E-state index contributed by atoms with van der Waals surface area (Å²) in [6.07, 6.45) is 9.99. The summed E-state index contributed by atoms with van der Waals surface area (Å²) in [6, 6.07) is 0. The molecule has 1 aliphatic carbocycles. The van der Waals surface area contributed by atoms with Crippen LogP contribution in [-0.4, -0.2) is 6.54 Å². The lowest BCUT2D eigenvalue weighted by Gasteiger charge is -2.27. The van der Waals surface area contributed by atoms with Crippen molar-refractivity contribution < 1.29 is 0 Å². The van der Waals surface area contributed by atoms with Crippen LogP contribution in [0.1, 0.15) is 58.8 Å². The van der Waals surface area contributed by atoms with Gasteiger partial charge in [0.1, 0.15) is 0 Å². The van der Waals surface area contributed by atoms with Crippen LogP contribution in [0.15, 0.2) is 0 Å². The quantitative estimate of drug-likeness (QED) is 0.716. The molecular weight excluding hydrogens is 170 g/mol. The third-order valence-corrected chi connectivity index (χ3v) is 3.69. The van der Waals surface area contributed by atoms with E-state index in [-0.39, 0.29) is 0 Å². The Morgan fingerprint density at radius 1 is 1.07 bits per heavy atom. The van der Waals surface area contributed by atoms with Crippen molar-refractivity contribution in [1.29, 1.82) is 0 Å². The predicted molar refractivity (Wildman–Crippen MR) is 63.2 cm³/mol. The largest absolute Gasteiger partial charge is 0.330 e. The van der Waals surface area contributed by atoms with Crippen LogP contribution < -0.4 is 5.73 Å². The molecule has 1 saturated carbocycles. The Labute approximate surface area is 89.5 Å². The number of rotatable bonds is 5. The third kappa shape index (κ3) is 4.45. The lowest BCUT2D eigenvalue weighted by Crippen LogP contribution is -2.21. The van der Waals surface area contributed by atoms with E-state index in [1.807, 2.05) is 0 Å². The lowest BCUT2D eigenvalue weighted by molar-refractivity contribution is 0.260. The SMILES string of the molecule is CC(C)CCCC1CCC(CN)CC1. The van der Waals surface area contributed by atoms with Crippen molar-refractivity contribution in [3.63, 3.8) is 0 Å². The zero-order valence-corrected chi connectivity index (χ0v) is 9.97. The van der Waals surface area contributed by atoms with Crippen LogP contribution in [0.25, 0.3) is 0 Å². The van der Waals surface area contributed by atoms with Gasteiger partial charge in [-0.3, -0.25) is 0 Å². The van der Waals surface area contributed by atoms with E-state index in [4.69, 9.17) is 5.73 Å². The Hall–Kier alpha value is -0.0400. The standard InChI is InChI=1S/C13H27N/c1-11(2)4-3-5-12-6-8-13(10-14)9-7-12/h11-13H,3-10,14H2,1-2H3. The Kier molecular flexibility index (Phi) is 5.54. The summed E-state index contributed by atoms with van der Waals surface area (Å²) < 4.78 is 0. The first-order valence-corrected chi connectivity index (χ1v) is 6.42. The van der Waals surface area contributed by atoms with Gasteiger partial charge < -0.3 is 5.73 Å². The van der Waals surface area contributed by atoms with Crippen molar-refractivity contribution in [2.24, 2.45) is 23.5 Å². The number of nitrogens with two attached hydrogens (primary N) is 1. The van der Waals surface area contributed by atoms with Gasteiger partial charge in [-0.15, -0.1) is 0 Å². The Bertz CT molecular complexity index is 134. The van der Waals surface area contributed by atoms with Gasteiger partial charge in [0.25, 0.3) is 0 Å². The maximum atomic E-state index is 5.69. The molecule has 0 spiro atoms. The highest BCUT2D eigenvalue weighted by Gasteiger charge is 2.19. The van der Waals surface area contributed by atoms with Crippen LogP contribution in [0, 0.1) is 17.8 Å². The van der Waals surface area contributed by atoms with E-state index < -0.39 is 0 Å². The Morgan fingerprint density at radius 2 is 1.64 bits per heavy atom. The summed E-state index contributed by atoms with van der Waals surface area (Å²) in [4.78, 5) is 0. The van der Waals surface area contributed by atoms with E-state index in [2.05, 4.69) is 13.8 Å². The molecule has 0 heterocycles. The molecule has 0 radical (unpaired) electrons. The van der Waals surface area contributed by atoms with Gasteiger partial charge in [-0.25, -0.2) is 0 Å². The molecule has 0 aromatic carbocycles. The van der Waals surface area contributed by atoms with Crippen LogP contribution in [0.3, 0.4) is 0 Å². The molecule has 1 fully saturated rings. The van der Waals surface area contributed by atoms with Gasteiger partial charge in [0.15, 0.2) is 0 Å². The first-order valence-electron chi connectivity index (χ1n) is 6.42. The van der Waals surface area contributed by atoms with Gasteiger partial charge in [-0.05, 0) is 37.1 Å². The van der Waals surface area contributed by atoms with E-state index in [0.29, 0.717) is 0 Å². The van der Waals surface area contributed by atoms with Gasteiger partial charge in [0.2, 0.25) is 0 Å². The summed E-state index contributed by atoms with van der Waals surface area (Å²) in [5.74, 6) is 2.75. The van der Waals surface area contributed by atoms with Crippen molar-refractivity contribution in [3.8, 4) is 0 Å². The minimum Gasteiger partial charge on any atom is -0.330 e. The van der Waals surface area contributed by atoms with Crippen LogP contribution in [-0.2, 0) is 0 Å². The van der Waals surface area contributed by atoms with E-state index in [1.165, 1.54) is 44.9 Å². The van der Waals surface area contributed by atoms with E-state index in [1.54, 1.807) is 0 Å². The first-order chi connectivity index (χ1) is 6.72. The van der Waals surface area contributed by atoms with Crippen LogP contribution in [0.5, 0.6) is 0 Å². The Morgan fingerprint density at radius 3 is 2.14 bits per heavy atom. The van der Waals surface area contributed by atoms with Crippen molar-refractivity contribution >= 4 is 0 Å². The average Bonchev–Trinajstić information content (AvgIpc) is 2.18. The molecule has 0 aliphatic heterocycles. The molecule has 0 aromatic heterocycles. The number of hydrogen-bond donors (Lipinski definition) is 1. The molecule has 0 amide bonds. The van der Waals surface area contributed by atoms with Crippen molar-refractivity contribution in [2.75, 3.05) is 6.54 Å². The second kappa shape index (κ2) is 6.44. The molecule has 0 aromatic rings. The van der Waals surface area contributed by atoms with Gasteiger partial charge >= 0.3 is 0 Å². The monoisotopic (exact) mass is 197 g/mol. The van der Waals surface area contributed by atoms with Gasteiger partial charge in [0, 0.05) is 0 Å². The summed E-state index contributed by atoms with van der Waals surface area (Å²) >= 11 is 0. The molecular formula is C13H27N. The molecule has 0 unspecified atom stereocenters. The second-order valence-electron chi connectivity index (χ2n) is 5.45. The minimum atomic E-state index is 0.844. The van der Waals surface area contributed by atoms with Gasteiger partial charge in [-0.1, -0.05) is 46.0 Å². The predicted octanol–water partition coefficient (Wildman–Crippen LogP) is 3.58. The zero-order chi connectivity index (χ0) is 10.4. The molecule has 0 saturated heterocycles. The molecule has 0 atom stereocenters. The van der Waals surface area contributed by atoms with E-state index in [0.717, 1.165) is 24.3 Å². The normalized spacial score (nSPS) is 28.3. The molecule has 84 valence electrons. The van der Waals surface area contributed by atoms with Gasteiger partial charge in [0.05, 0.1) is 0 Å². The van der Waals surface area contributed by atoms with Crippen LogP contribution >= 0.6 is 0 Å². The summed E-state index contributed by atoms with van der Waals surface area (Å²) in [5.41, 5.74) is 5.69. The highest BCUT2D eigenvalue weighted by Crippen LogP contribution is 2.31. The fourth-order valence-electron chi connectivity index (χ4n) is 2.57. The number of hydrogen-bond acceptors (Lipinski definition) is 1. The molecule has 1 aliphatic rings. The molecule has 1 rings (SSSR count). The van der Waals surface area contributed by atoms with Crippen LogP contribution in [0.2, 0.25) is 0 Å². The van der Waals surface area contributed by atoms with E-state index >= 15 is 0 Å². The topological polar surface area (TPSA) is 26.0 Å². The Balaban J connectivity index is 2.04.